The van der Waals surface area contributed by atoms with Crippen molar-refractivity contribution >= 4 is 38.0 Å². The third-order valence-corrected chi connectivity index (χ3v) is 4.81. The van der Waals surface area contributed by atoms with Gasteiger partial charge in [0, 0.05) is 10.8 Å². The number of nitrogens with one attached hydrogen (secondary N) is 1. The van der Waals surface area contributed by atoms with Crippen LogP contribution in [-0.4, -0.2) is 29.2 Å². The Morgan fingerprint density at radius 3 is 2.54 bits per heavy atom. The van der Waals surface area contributed by atoms with Gasteiger partial charge in [-0.15, -0.1) is 0 Å². The Hall–Kier alpha value is -3.18. The molecule has 1 atom stereocenters. The summed E-state index contributed by atoms with van der Waals surface area (Å²) in [5, 5.41) is 14.5. The first kappa shape index (κ1) is 17.6. The molecule has 136 valence electrons. The van der Waals surface area contributed by atoms with Gasteiger partial charge >= 0.3 is 17.3 Å². The van der Waals surface area contributed by atoms with Crippen LogP contribution >= 0.6 is 0 Å². The van der Waals surface area contributed by atoms with Crippen molar-refractivity contribution in [1.82, 2.24) is 9.55 Å². The van der Waals surface area contributed by atoms with Gasteiger partial charge in [-0.1, -0.05) is 18.2 Å². The third kappa shape index (κ3) is 2.82. The molecule has 2 aromatic carbocycles. The van der Waals surface area contributed by atoms with E-state index in [-0.39, 0.29) is 26.7 Å². The molecule has 0 saturated heterocycles. The molecule has 3 rings (SSSR count). The van der Waals surface area contributed by atoms with Crippen molar-refractivity contribution in [3.63, 3.8) is 0 Å². The lowest BCUT2D eigenvalue weighted by Gasteiger charge is -2.18. The van der Waals surface area contributed by atoms with Gasteiger partial charge in [0.1, 0.15) is 0 Å². The lowest BCUT2D eigenvalue weighted by atomic mass is 10.1. The van der Waals surface area contributed by atoms with E-state index in [1.165, 1.54) is 37.3 Å². The van der Waals surface area contributed by atoms with Gasteiger partial charge in [0.15, 0.2) is 6.23 Å². The first-order valence-electron chi connectivity index (χ1n) is 7.24. The number of carboxylic acid groups (broad SMARTS) is 1. The Balaban J connectivity index is 2.55. The van der Waals surface area contributed by atoms with Crippen molar-refractivity contribution in [2.75, 3.05) is 0 Å². The number of sulfonamides is 1. The lowest BCUT2D eigenvalue weighted by molar-refractivity contribution is 0.0284. The monoisotopic (exact) mass is 379 g/mol. The molecule has 0 amide bonds. The molecule has 0 spiro atoms. The van der Waals surface area contributed by atoms with Crippen LogP contribution in [0.4, 0.5) is 4.79 Å². The maximum absolute atomic E-state index is 12.3. The molecular weight excluding hydrogens is 366 g/mol. The Bertz CT molecular complexity index is 1270. The number of nitrogens with zero attached hydrogens (tertiary/aromatic N) is 1. The number of primary sulfonamides is 1. The van der Waals surface area contributed by atoms with E-state index < -0.39 is 33.5 Å². The van der Waals surface area contributed by atoms with Gasteiger partial charge in [0.25, 0.3) is 0 Å². The fourth-order valence-electron chi connectivity index (χ4n) is 2.85. The summed E-state index contributed by atoms with van der Waals surface area (Å²) < 4.78 is 29.1. The number of rotatable bonds is 3. The van der Waals surface area contributed by atoms with Gasteiger partial charge in [-0.25, -0.2) is 18.4 Å². The summed E-state index contributed by atoms with van der Waals surface area (Å²) in [6.45, 7) is 1.27. The van der Waals surface area contributed by atoms with Crippen molar-refractivity contribution in [1.29, 1.82) is 0 Å². The van der Waals surface area contributed by atoms with Crippen molar-refractivity contribution < 1.29 is 23.1 Å². The molecule has 0 aliphatic carbocycles. The number of fused-ring (bicyclic) bond motifs is 3. The first-order chi connectivity index (χ1) is 12.1. The van der Waals surface area contributed by atoms with E-state index in [1.807, 2.05) is 0 Å². The number of ether oxygens (including phenoxy) is 1. The Kier molecular flexibility index (Phi) is 4.05. The highest BCUT2D eigenvalue weighted by molar-refractivity contribution is 7.89. The normalized spacial score (nSPS) is 13.0. The number of H-pyrrole nitrogens is 1. The number of aromatic amines is 1. The molecular formula is C15H13N3O7S. The van der Waals surface area contributed by atoms with Gasteiger partial charge < -0.3 is 14.8 Å². The summed E-state index contributed by atoms with van der Waals surface area (Å²) in [7, 11) is -4.05. The number of nitrogens with two attached hydrogens (primary N) is 1. The number of hydrogen-bond acceptors (Lipinski definition) is 6. The molecule has 0 aliphatic rings. The second-order valence-corrected chi connectivity index (χ2v) is 7.00. The first-order valence-corrected chi connectivity index (χ1v) is 8.78. The molecule has 0 fully saturated rings. The van der Waals surface area contributed by atoms with E-state index in [1.54, 1.807) is 0 Å². The van der Waals surface area contributed by atoms with Gasteiger partial charge in [-0.2, -0.15) is 0 Å². The molecule has 0 bridgehead atoms. The maximum Gasteiger partial charge on any atom is 0.507 e. The lowest BCUT2D eigenvalue weighted by Crippen LogP contribution is -2.38. The van der Waals surface area contributed by atoms with Crippen molar-refractivity contribution in [3.05, 3.63) is 51.0 Å². The zero-order valence-electron chi connectivity index (χ0n) is 13.3. The van der Waals surface area contributed by atoms with Crippen LogP contribution in [0.15, 0.2) is 44.8 Å². The average Bonchev–Trinajstić information content (AvgIpc) is 2.53. The van der Waals surface area contributed by atoms with E-state index in [0.717, 1.165) is 4.57 Å². The van der Waals surface area contributed by atoms with Crippen molar-refractivity contribution in [2.24, 2.45) is 5.14 Å². The van der Waals surface area contributed by atoms with Gasteiger partial charge in [0.05, 0.1) is 15.9 Å². The van der Waals surface area contributed by atoms with E-state index in [2.05, 4.69) is 9.72 Å². The second-order valence-electron chi connectivity index (χ2n) is 5.47. The van der Waals surface area contributed by atoms with E-state index >= 15 is 0 Å². The molecule has 10 nitrogen and oxygen atoms in total. The smallest absolute Gasteiger partial charge is 0.450 e. The minimum Gasteiger partial charge on any atom is -0.450 e. The molecule has 11 heteroatoms. The molecule has 0 saturated carbocycles. The van der Waals surface area contributed by atoms with Gasteiger partial charge in [0.2, 0.25) is 10.0 Å². The summed E-state index contributed by atoms with van der Waals surface area (Å²) in [5.74, 6) is 0. The Labute approximate surface area is 145 Å². The Morgan fingerprint density at radius 2 is 1.92 bits per heavy atom. The molecule has 0 aliphatic heterocycles. The van der Waals surface area contributed by atoms with E-state index in [4.69, 9.17) is 10.2 Å². The zero-order chi connectivity index (χ0) is 19.2. The highest BCUT2D eigenvalue weighted by atomic mass is 32.2. The van der Waals surface area contributed by atoms with Crippen LogP contribution in [0.5, 0.6) is 0 Å². The summed E-state index contributed by atoms with van der Waals surface area (Å²) in [6.07, 6.45) is -2.96. The predicted molar refractivity (Wildman–Crippen MR) is 91.5 cm³/mol. The van der Waals surface area contributed by atoms with Gasteiger partial charge in [-0.3, -0.25) is 14.2 Å². The van der Waals surface area contributed by atoms with Crippen LogP contribution in [0.1, 0.15) is 13.2 Å². The average molecular weight is 379 g/mol. The van der Waals surface area contributed by atoms with Crippen LogP contribution < -0.4 is 16.3 Å². The second kappa shape index (κ2) is 5.97. The topological polar surface area (TPSA) is 162 Å². The molecule has 0 radical (unpaired) electrons. The summed E-state index contributed by atoms with van der Waals surface area (Å²) in [4.78, 5) is 37.3. The number of aromatic nitrogens is 2. The standard InChI is InChI=1S/C15H13N3O7S/c1-7(25-15(21)22)18-12-9-3-2-4-11(26(16,23)24)8(9)5-6-10(12)17-13(19)14(18)20/h2-7H,1H3,(H,17,19)(H,21,22)(H2,16,23,24). The number of benzene rings is 2. The van der Waals surface area contributed by atoms with Gasteiger partial charge in [-0.05, 0) is 19.1 Å². The minimum atomic E-state index is -4.05. The fraction of sp³-hybridized carbons (Fsp3) is 0.133. The minimum absolute atomic E-state index is 0.117. The summed E-state index contributed by atoms with van der Waals surface area (Å²) in [6, 6.07) is 7.08. The summed E-state index contributed by atoms with van der Waals surface area (Å²) in [5.41, 5.74) is -1.69. The fourth-order valence-corrected chi connectivity index (χ4v) is 3.61. The zero-order valence-corrected chi connectivity index (χ0v) is 14.1. The quantitative estimate of drug-likeness (QED) is 0.343. The number of hydrogen-bond donors (Lipinski definition) is 3. The SMILES string of the molecule is CC(OC(=O)O)n1c(=O)c(=O)[nH]c2ccc3c(S(N)(=O)=O)cccc3c21. The largest absolute Gasteiger partial charge is 0.507 e. The molecule has 3 aromatic rings. The maximum atomic E-state index is 12.3. The summed E-state index contributed by atoms with van der Waals surface area (Å²) >= 11 is 0. The van der Waals surface area contributed by atoms with Crippen LogP contribution in [-0.2, 0) is 14.8 Å². The molecule has 1 aromatic heterocycles. The van der Waals surface area contributed by atoms with E-state index in [0.29, 0.717) is 0 Å². The number of carbonyl (C=O) groups is 1. The Morgan fingerprint density at radius 1 is 1.23 bits per heavy atom. The van der Waals surface area contributed by atoms with Crippen LogP contribution in [0, 0.1) is 0 Å². The molecule has 4 N–H and O–H groups in total. The van der Waals surface area contributed by atoms with Crippen LogP contribution in [0.25, 0.3) is 21.8 Å². The van der Waals surface area contributed by atoms with Crippen LogP contribution in [0.3, 0.4) is 0 Å². The highest BCUT2D eigenvalue weighted by Gasteiger charge is 2.20. The van der Waals surface area contributed by atoms with Crippen molar-refractivity contribution in [3.8, 4) is 0 Å². The molecule has 1 heterocycles. The molecule has 26 heavy (non-hydrogen) atoms. The third-order valence-electron chi connectivity index (χ3n) is 3.84. The molecule has 1 unspecified atom stereocenters. The van der Waals surface area contributed by atoms with Crippen molar-refractivity contribution in [2.45, 2.75) is 18.0 Å². The van der Waals surface area contributed by atoms with E-state index in [9.17, 15) is 22.8 Å². The highest BCUT2D eigenvalue weighted by Crippen LogP contribution is 2.29. The van der Waals surface area contributed by atoms with Crippen LogP contribution in [0.2, 0.25) is 0 Å². The predicted octanol–water partition coefficient (Wildman–Crippen LogP) is 0.704.